The number of rotatable bonds is 5. The molecule has 9 heteroatoms. The number of hydrogen-bond acceptors (Lipinski definition) is 4. The summed E-state index contributed by atoms with van der Waals surface area (Å²) in [6.07, 6.45) is 6.85. The topological polar surface area (TPSA) is 62.6 Å². The van der Waals surface area contributed by atoms with Gasteiger partial charge in [-0.3, -0.25) is 19.3 Å². The van der Waals surface area contributed by atoms with Gasteiger partial charge in [0.25, 0.3) is 11.1 Å². The maximum atomic E-state index is 13.1. The van der Waals surface area contributed by atoms with Gasteiger partial charge in [-0.1, -0.05) is 47.5 Å². The van der Waals surface area contributed by atoms with E-state index in [1.807, 2.05) is 39.9 Å². The van der Waals surface area contributed by atoms with Crippen molar-refractivity contribution in [2.75, 3.05) is 6.54 Å². The zero-order valence-corrected chi connectivity index (χ0v) is 22.1. The lowest BCUT2D eigenvalue weighted by Gasteiger charge is -2.33. The molecule has 2 aromatic carbocycles. The summed E-state index contributed by atoms with van der Waals surface area (Å²) in [7, 11) is 0. The molecule has 0 unspecified atom stereocenters. The van der Waals surface area contributed by atoms with Crippen LogP contribution in [0.5, 0.6) is 0 Å². The van der Waals surface area contributed by atoms with Crippen LogP contribution in [0, 0.1) is 0 Å². The molecule has 6 nitrogen and oxygen atoms in total. The standard InChI is InChI=1S/C27H25Cl2N3O3S/c1-17-6-4-5-11-31(17)25(33)16-30-15-19(20-7-2-3-8-23(20)30)13-24-26(34)32(27(35)36-24)14-18-9-10-21(28)22(29)12-18/h2-3,7-10,12-13,15,17H,4-6,11,14,16H2,1H3/b24-13-/t17-/m1/s1. The van der Waals surface area contributed by atoms with Crippen molar-refractivity contribution < 1.29 is 14.4 Å². The minimum absolute atomic E-state index is 0.0939. The third kappa shape index (κ3) is 4.92. The number of halogens is 2. The Kier molecular flexibility index (Phi) is 7.15. The number of benzene rings is 2. The minimum atomic E-state index is -0.355. The highest BCUT2D eigenvalue weighted by Crippen LogP contribution is 2.35. The van der Waals surface area contributed by atoms with E-state index in [0.29, 0.717) is 15.0 Å². The molecule has 0 bridgehead atoms. The van der Waals surface area contributed by atoms with Crippen LogP contribution >= 0.6 is 35.0 Å². The Morgan fingerprint density at radius 1 is 1.11 bits per heavy atom. The van der Waals surface area contributed by atoms with Crippen molar-refractivity contribution in [2.24, 2.45) is 0 Å². The average Bonchev–Trinajstić information content (AvgIpc) is 3.33. The van der Waals surface area contributed by atoms with Gasteiger partial charge in [0, 0.05) is 35.2 Å². The van der Waals surface area contributed by atoms with Crippen LogP contribution in [0.4, 0.5) is 4.79 Å². The van der Waals surface area contributed by atoms with E-state index in [1.54, 1.807) is 24.3 Å². The third-order valence-corrected chi connectivity index (χ3v) is 8.38. The van der Waals surface area contributed by atoms with E-state index in [9.17, 15) is 14.4 Å². The smallest absolute Gasteiger partial charge is 0.293 e. The maximum absolute atomic E-state index is 13.1. The molecule has 2 fully saturated rings. The Balaban J connectivity index is 1.40. The fraction of sp³-hybridized carbons (Fsp3) is 0.296. The number of fused-ring (bicyclic) bond motifs is 1. The van der Waals surface area contributed by atoms with E-state index < -0.39 is 0 Å². The SMILES string of the molecule is C[C@@H]1CCCCN1C(=O)Cn1cc(/C=C2\SC(=O)N(Cc3ccc(Cl)c(Cl)c3)C2=O)c2ccccc21. The minimum Gasteiger partial charge on any atom is -0.338 e. The highest BCUT2D eigenvalue weighted by atomic mass is 35.5. The lowest BCUT2D eigenvalue weighted by molar-refractivity contribution is -0.135. The first kappa shape index (κ1) is 24.9. The molecule has 2 aliphatic heterocycles. The Hall–Kier alpha value is -2.74. The van der Waals surface area contributed by atoms with Gasteiger partial charge < -0.3 is 9.47 Å². The number of carbonyl (C=O) groups is 3. The summed E-state index contributed by atoms with van der Waals surface area (Å²) < 4.78 is 1.94. The normalized spacial score (nSPS) is 19.6. The zero-order chi connectivity index (χ0) is 25.4. The monoisotopic (exact) mass is 541 g/mol. The van der Waals surface area contributed by atoms with Crippen LogP contribution in [-0.4, -0.2) is 44.0 Å². The number of hydrogen-bond donors (Lipinski definition) is 0. The van der Waals surface area contributed by atoms with E-state index in [1.165, 1.54) is 4.90 Å². The first-order chi connectivity index (χ1) is 17.3. The molecule has 0 spiro atoms. The second-order valence-corrected chi connectivity index (χ2v) is 11.0. The van der Waals surface area contributed by atoms with Crippen molar-refractivity contribution in [1.82, 2.24) is 14.4 Å². The predicted octanol–water partition coefficient (Wildman–Crippen LogP) is 6.59. The molecule has 1 aromatic heterocycles. The lowest BCUT2D eigenvalue weighted by atomic mass is 10.0. The number of carbonyl (C=O) groups excluding carboxylic acids is 3. The van der Waals surface area contributed by atoms with Gasteiger partial charge in [-0.15, -0.1) is 0 Å². The van der Waals surface area contributed by atoms with Gasteiger partial charge in [0.15, 0.2) is 0 Å². The van der Waals surface area contributed by atoms with Crippen molar-refractivity contribution in [3.63, 3.8) is 0 Å². The van der Waals surface area contributed by atoms with E-state index in [4.69, 9.17) is 23.2 Å². The number of para-hydroxylation sites is 1. The van der Waals surface area contributed by atoms with E-state index in [2.05, 4.69) is 6.92 Å². The second-order valence-electron chi connectivity index (χ2n) is 9.18. The van der Waals surface area contributed by atoms with Gasteiger partial charge in [0.05, 0.1) is 21.5 Å². The van der Waals surface area contributed by atoms with Crippen LogP contribution in [0.1, 0.15) is 37.3 Å². The summed E-state index contributed by atoms with van der Waals surface area (Å²) in [6.45, 7) is 3.24. The van der Waals surface area contributed by atoms with Crippen LogP contribution in [0.2, 0.25) is 10.0 Å². The molecule has 186 valence electrons. The second kappa shape index (κ2) is 10.3. The average molecular weight is 542 g/mol. The first-order valence-electron chi connectivity index (χ1n) is 11.9. The van der Waals surface area contributed by atoms with Crippen LogP contribution < -0.4 is 0 Å². The lowest BCUT2D eigenvalue weighted by Crippen LogP contribution is -2.43. The number of imide groups is 1. The molecule has 2 aliphatic rings. The molecule has 3 aromatic rings. The van der Waals surface area contributed by atoms with Crippen LogP contribution in [-0.2, 0) is 22.7 Å². The highest BCUT2D eigenvalue weighted by molar-refractivity contribution is 8.18. The number of amides is 3. The molecule has 0 radical (unpaired) electrons. The van der Waals surface area contributed by atoms with Crippen molar-refractivity contribution in [3.8, 4) is 0 Å². The number of piperidine rings is 1. The molecule has 0 saturated carbocycles. The molecule has 3 amide bonds. The molecule has 0 aliphatic carbocycles. The Bertz CT molecular complexity index is 1400. The summed E-state index contributed by atoms with van der Waals surface area (Å²) in [6, 6.07) is 13.1. The van der Waals surface area contributed by atoms with E-state index in [0.717, 1.165) is 59.6 Å². The molecular formula is C27H25Cl2N3O3S. The highest BCUT2D eigenvalue weighted by Gasteiger charge is 2.35. The van der Waals surface area contributed by atoms with Gasteiger partial charge in [-0.05, 0) is 67.8 Å². The molecule has 5 rings (SSSR count). The van der Waals surface area contributed by atoms with Gasteiger partial charge in [0.2, 0.25) is 5.91 Å². The fourth-order valence-electron chi connectivity index (χ4n) is 4.82. The summed E-state index contributed by atoms with van der Waals surface area (Å²) in [5.74, 6) is -0.262. The summed E-state index contributed by atoms with van der Waals surface area (Å²) in [5.41, 5.74) is 2.43. The summed E-state index contributed by atoms with van der Waals surface area (Å²) >= 11 is 13.0. The Labute approximate surface area is 223 Å². The van der Waals surface area contributed by atoms with Crippen molar-refractivity contribution in [2.45, 2.75) is 45.3 Å². The largest absolute Gasteiger partial charge is 0.338 e. The van der Waals surface area contributed by atoms with Crippen molar-refractivity contribution in [3.05, 3.63) is 74.7 Å². The molecule has 3 heterocycles. The van der Waals surface area contributed by atoms with Crippen molar-refractivity contribution >= 4 is 69.0 Å². The fourth-order valence-corrected chi connectivity index (χ4v) is 5.97. The van der Waals surface area contributed by atoms with Gasteiger partial charge in [-0.2, -0.15) is 0 Å². The zero-order valence-electron chi connectivity index (χ0n) is 19.7. The molecule has 36 heavy (non-hydrogen) atoms. The van der Waals surface area contributed by atoms with Crippen LogP contribution in [0.3, 0.4) is 0 Å². The van der Waals surface area contributed by atoms with Crippen LogP contribution in [0.25, 0.3) is 17.0 Å². The van der Waals surface area contributed by atoms with E-state index >= 15 is 0 Å². The number of nitrogens with zero attached hydrogens (tertiary/aromatic N) is 3. The summed E-state index contributed by atoms with van der Waals surface area (Å²) in [4.78, 5) is 42.4. The molecule has 0 N–H and O–H groups in total. The molecule has 2 saturated heterocycles. The Morgan fingerprint density at radius 2 is 1.92 bits per heavy atom. The van der Waals surface area contributed by atoms with Crippen molar-refractivity contribution in [1.29, 1.82) is 0 Å². The molecule has 1 atom stereocenters. The number of likely N-dealkylation sites (tertiary alicyclic amines) is 1. The third-order valence-electron chi connectivity index (χ3n) is 6.73. The van der Waals surface area contributed by atoms with Gasteiger partial charge >= 0.3 is 0 Å². The van der Waals surface area contributed by atoms with E-state index in [-0.39, 0.29) is 36.2 Å². The number of thioether (sulfide) groups is 1. The predicted molar refractivity (Wildman–Crippen MR) is 145 cm³/mol. The quantitative estimate of drug-likeness (QED) is 0.342. The van der Waals surface area contributed by atoms with Gasteiger partial charge in [0.1, 0.15) is 6.54 Å². The first-order valence-corrected chi connectivity index (χ1v) is 13.5. The van der Waals surface area contributed by atoms with Gasteiger partial charge in [-0.25, -0.2) is 0 Å². The Morgan fingerprint density at radius 3 is 2.69 bits per heavy atom. The molecular weight excluding hydrogens is 517 g/mol. The maximum Gasteiger partial charge on any atom is 0.293 e. The number of aromatic nitrogens is 1. The van der Waals surface area contributed by atoms with Crippen LogP contribution in [0.15, 0.2) is 53.6 Å². The summed E-state index contributed by atoms with van der Waals surface area (Å²) in [5, 5.41) is 1.38.